The Morgan fingerprint density at radius 2 is 2.00 bits per heavy atom. The molecule has 3 rings (SSSR count). The van der Waals surface area contributed by atoms with Gasteiger partial charge >= 0.3 is 5.97 Å². The van der Waals surface area contributed by atoms with Crippen molar-refractivity contribution < 1.29 is 39.4 Å². The molecule has 8 atom stereocenters. The lowest BCUT2D eigenvalue weighted by Gasteiger charge is -2.43. The Bertz CT molecular complexity index is 709. The number of fused-ring (bicyclic) bond motifs is 1. The fraction of sp³-hybridized carbons (Fsp3) is 0.667. The molecule has 2 saturated heterocycles. The van der Waals surface area contributed by atoms with Gasteiger partial charge in [0.2, 0.25) is 0 Å². The van der Waals surface area contributed by atoms with Crippen LogP contribution in [0.4, 0.5) is 0 Å². The van der Waals surface area contributed by atoms with E-state index >= 15 is 0 Å². The Hall–Kier alpha value is -1.55. The van der Waals surface area contributed by atoms with Crippen molar-refractivity contribution in [1.29, 1.82) is 0 Å². The molecule has 0 amide bonds. The van der Waals surface area contributed by atoms with Gasteiger partial charge in [-0.3, -0.25) is 0 Å². The van der Waals surface area contributed by atoms with Gasteiger partial charge in [0.15, 0.2) is 6.29 Å². The number of carbonyl (C=O) groups excluding carboxylic acids is 1. The first-order valence-corrected chi connectivity index (χ1v) is 9.78. The smallest absolute Gasteiger partial charge is 0.334 e. The Labute approximate surface area is 170 Å². The molecule has 2 fully saturated rings. The Morgan fingerprint density at radius 3 is 2.62 bits per heavy atom. The van der Waals surface area contributed by atoms with Crippen molar-refractivity contribution in [3.05, 3.63) is 36.0 Å². The normalized spacial score (nSPS) is 42.1. The van der Waals surface area contributed by atoms with Crippen LogP contribution >= 0.6 is 0 Å². The second-order valence-corrected chi connectivity index (χ2v) is 8.65. The zero-order valence-electron chi connectivity index (χ0n) is 16.9. The van der Waals surface area contributed by atoms with E-state index < -0.39 is 55.5 Å². The first-order chi connectivity index (χ1) is 13.6. The van der Waals surface area contributed by atoms with Crippen LogP contribution in [0.3, 0.4) is 0 Å². The number of aliphatic hydroxyl groups excluding tert-OH is 4. The number of allylic oxidation sites excluding steroid dienone is 2. The molecule has 1 aliphatic carbocycles. The van der Waals surface area contributed by atoms with E-state index in [0.717, 1.165) is 5.57 Å². The predicted octanol–water partition coefficient (Wildman–Crippen LogP) is 0.202. The van der Waals surface area contributed by atoms with E-state index in [4.69, 9.17) is 14.2 Å². The Balaban J connectivity index is 1.82. The van der Waals surface area contributed by atoms with Crippen molar-refractivity contribution in [2.24, 2.45) is 11.3 Å². The van der Waals surface area contributed by atoms with Crippen molar-refractivity contribution in [3.63, 3.8) is 0 Å². The second kappa shape index (κ2) is 8.29. The predicted molar refractivity (Wildman–Crippen MR) is 102 cm³/mol. The maximum absolute atomic E-state index is 12.5. The number of hydrogen-bond donors (Lipinski definition) is 4. The molecule has 0 saturated carbocycles. The number of ether oxygens (including phenoxy) is 3. The quantitative estimate of drug-likeness (QED) is 0.374. The van der Waals surface area contributed by atoms with E-state index in [1.165, 1.54) is 0 Å². The summed E-state index contributed by atoms with van der Waals surface area (Å²) in [6, 6.07) is 0. The van der Waals surface area contributed by atoms with Crippen molar-refractivity contribution in [2.75, 3.05) is 6.61 Å². The molecule has 2 aliphatic heterocycles. The van der Waals surface area contributed by atoms with Crippen LogP contribution in [0, 0.1) is 11.3 Å². The third-order valence-electron chi connectivity index (χ3n) is 5.98. The highest BCUT2D eigenvalue weighted by Gasteiger charge is 2.52. The Kier molecular flexibility index (Phi) is 6.33. The summed E-state index contributed by atoms with van der Waals surface area (Å²) in [6.07, 6.45) is -1.95. The van der Waals surface area contributed by atoms with Crippen LogP contribution in [0.1, 0.15) is 27.2 Å². The second-order valence-electron chi connectivity index (χ2n) is 8.65. The van der Waals surface area contributed by atoms with E-state index in [1.54, 1.807) is 12.2 Å². The van der Waals surface area contributed by atoms with Crippen LogP contribution in [-0.4, -0.2) is 75.9 Å². The highest BCUT2D eigenvalue weighted by Crippen LogP contribution is 2.49. The van der Waals surface area contributed by atoms with Crippen molar-refractivity contribution >= 4 is 5.97 Å². The standard InChI is InChI=1S/C21H30O8/c1-5-10(2)6-13-15-12(19(26)28-13)7-11(8-21(15,3)4)27-20-18(25)17(24)16(23)14(9-22)29-20/h5-7,11,13-18,20,22-25H,1,8-9H2,2-4H3/b10-6+/t11-,13+,14-,15-,16-,17+,18-,20-/m1/s1. The van der Waals surface area contributed by atoms with Crippen LogP contribution in [-0.2, 0) is 19.0 Å². The minimum atomic E-state index is -1.52. The summed E-state index contributed by atoms with van der Waals surface area (Å²) in [6.45, 7) is 9.12. The molecule has 162 valence electrons. The average Bonchev–Trinajstić information content (AvgIpc) is 2.97. The van der Waals surface area contributed by atoms with Gasteiger partial charge in [0.25, 0.3) is 0 Å². The summed E-state index contributed by atoms with van der Waals surface area (Å²) in [7, 11) is 0. The zero-order chi connectivity index (χ0) is 21.5. The minimum absolute atomic E-state index is 0.153. The van der Waals surface area contributed by atoms with E-state index in [0.29, 0.717) is 12.0 Å². The molecule has 0 radical (unpaired) electrons. The fourth-order valence-corrected chi connectivity index (χ4v) is 4.40. The summed E-state index contributed by atoms with van der Waals surface area (Å²) in [4.78, 5) is 12.5. The summed E-state index contributed by atoms with van der Waals surface area (Å²) in [5.74, 6) is -0.567. The number of esters is 1. The van der Waals surface area contributed by atoms with Gasteiger partial charge in [-0.05, 0) is 30.9 Å². The molecule has 8 heteroatoms. The molecule has 0 aromatic rings. The Morgan fingerprint density at radius 1 is 1.31 bits per heavy atom. The summed E-state index contributed by atoms with van der Waals surface area (Å²) in [5.41, 5.74) is 1.06. The van der Waals surface area contributed by atoms with Crippen molar-refractivity contribution in [1.82, 2.24) is 0 Å². The number of rotatable bonds is 5. The van der Waals surface area contributed by atoms with E-state index in [-0.39, 0.29) is 11.3 Å². The maximum Gasteiger partial charge on any atom is 0.334 e. The minimum Gasteiger partial charge on any atom is -0.454 e. The van der Waals surface area contributed by atoms with E-state index in [2.05, 4.69) is 6.58 Å². The summed E-state index contributed by atoms with van der Waals surface area (Å²) < 4.78 is 16.9. The lowest BCUT2D eigenvalue weighted by atomic mass is 9.66. The molecule has 0 aromatic carbocycles. The first-order valence-electron chi connectivity index (χ1n) is 9.78. The van der Waals surface area contributed by atoms with Crippen LogP contribution in [0.25, 0.3) is 0 Å². The maximum atomic E-state index is 12.5. The van der Waals surface area contributed by atoms with Crippen molar-refractivity contribution in [3.8, 4) is 0 Å². The molecule has 0 bridgehead atoms. The number of hydrogen-bond acceptors (Lipinski definition) is 8. The van der Waals surface area contributed by atoms with Crippen LogP contribution in [0.5, 0.6) is 0 Å². The third-order valence-corrected chi connectivity index (χ3v) is 5.98. The summed E-state index contributed by atoms with van der Waals surface area (Å²) in [5, 5.41) is 39.4. The molecule has 0 spiro atoms. The highest BCUT2D eigenvalue weighted by molar-refractivity contribution is 5.92. The molecular weight excluding hydrogens is 380 g/mol. The SMILES string of the molecule is C=C/C(C)=C/[C@@H]1OC(=O)C2=C[C@@H](O[C@@H]3O[C@H](CO)[C@@H](O)[C@H](O)[C@H]3O)CC(C)(C)[C@H]21. The van der Waals surface area contributed by atoms with Crippen LogP contribution < -0.4 is 0 Å². The highest BCUT2D eigenvalue weighted by atomic mass is 16.7. The lowest BCUT2D eigenvalue weighted by Crippen LogP contribution is -2.59. The van der Waals surface area contributed by atoms with Gasteiger partial charge in [0.05, 0.1) is 12.7 Å². The van der Waals surface area contributed by atoms with Gasteiger partial charge in [-0.15, -0.1) is 0 Å². The molecule has 0 unspecified atom stereocenters. The monoisotopic (exact) mass is 410 g/mol. The van der Waals surface area contributed by atoms with Gasteiger partial charge in [0.1, 0.15) is 30.5 Å². The molecule has 3 aliphatic rings. The molecular formula is C21H30O8. The number of carbonyl (C=O) groups is 1. The van der Waals surface area contributed by atoms with Gasteiger partial charge < -0.3 is 34.6 Å². The fourth-order valence-electron chi connectivity index (χ4n) is 4.40. The van der Waals surface area contributed by atoms with Crippen LogP contribution in [0.2, 0.25) is 0 Å². The van der Waals surface area contributed by atoms with E-state index in [1.807, 2.05) is 26.8 Å². The number of aliphatic hydroxyl groups is 4. The summed E-state index contributed by atoms with van der Waals surface area (Å²) >= 11 is 0. The molecule has 0 aromatic heterocycles. The molecule has 2 heterocycles. The van der Waals surface area contributed by atoms with Gasteiger partial charge in [-0.1, -0.05) is 32.1 Å². The lowest BCUT2D eigenvalue weighted by molar-refractivity contribution is -0.309. The third kappa shape index (κ3) is 4.19. The van der Waals surface area contributed by atoms with E-state index in [9.17, 15) is 25.2 Å². The average molecular weight is 410 g/mol. The van der Waals surface area contributed by atoms with Gasteiger partial charge in [-0.25, -0.2) is 4.79 Å². The zero-order valence-corrected chi connectivity index (χ0v) is 16.9. The van der Waals surface area contributed by atoms with Crippen LogP contribution in [0.15, 0.2) is 36.0 Å². The van der Waals surface area contributed by atoms with Crippen molar-refractivity contribution in [2.45, 2.75) is 70.1 Å². The largest absolute Gasteiger partial charge is 0.454 e. The van der Waals surface area contributed by atoms with Gasteiger partial charge in [0, 0.05) is 11.5 Å². The first kappa shape index (κ1) is 22.1. The molecule has 4 N–H and O–H groups in total. The topological polar surface area (TPSA) is 126 Å². The molecule has 29 heavy (non-hydrogen) atoms. The van der Waals surface area contributed by atoms with Gasteiger partial charge in [-0.2, -0.15) is 0 Å². The number of cyclic esters (lactones) is 1. The molecule has 8 nitrogen and oxygen atoms in total.